The Labute approximate surface area is 108 Å². The van der Waals surface area contributed by atoms with E-state index in [1.165, 1.54) is 32.1 Å². The number of anilines is 1. The van der Waals surface area contributed by atoms with Crippen molar-refractivity contribution in [3.63, 3.8) is 0 Å². The van der Waals surface area contributed by atoms with Gasteiger partial charge in [-0.25, -0.2) is 4.98 Å². The van der Waals surface area contributed by atoms with Crippen molar-refractivity contribution in [1.29, 1.82) is 0 Å². The summed E-state index contributed by atoms with van der Waals surface area (Å²) >= 11 is 0. The summed E-state index contributed by atoms with van der Waals surface area (Å²) in [7, 11) is 0. The van der Waals surface area contributed by atoms with E-state index in [1.807, 2.05) is 12.1 Å². The van der Waals surface area contributed by atoms with E-state index in [2.05, 4.69) is 34.3 Å². The minimum atomic E-state index is 0.587. The van der Waals surface area contributed by atoms with Gasteiger partial charge >= 0.3 is 0 Å². The number of nitrogens with one attached hydrogen (secondary N) is 2. The predicted molar refractivity (Wildman–Crippen MR) is 75.8 cm³/mol. The van der Waals surface area contributed by atoms with Gasteiger partial charge in [0.05, 0.1) is 11.0 Å². The third-order valence-electron chi connectivity index (χ3n) is 4.14. The van der Waals surface area contributed by atoms with Gasteiger partial charge in [-0.3, -0.25) is 0 Å². The van der Waals surface area contributed by atoms with Gasteiger partial charge in [-0.05, 0) is 30.9 Å². The second-order valence-electron chi connectivity index (χ2n) is 5.31. The Morgan fingerprint density at radius 2 is 2.11 bits per heavy atom. The maximum Gasteiger partial charge on any atom is 0.201 e. The highest BCUT2D eigenvalue weighted by atomic mass is 15.1. The zero-order valence-electron chi connectivity index (χ0n) is 10.9. The maximum atomic E-state index is 4.61. The van der Waals surface area contributed by atoms with Crippen LogP contribution in [0.4, 0.5) is 5.95 Å². The molecule has 1 heterocycles. The van der Waals surface area contributed by atoms with Gasteiger partial charge in [0.2, 0.25) is 5.95 Å². The van der Waals surface area contributed by atoms with Crippen LogP contribution >= 0.6 is 0 Å². The molecule has 0 saturated heterocycles. The van der Waals surface area contributed by atoms with Crippen LogP contribution in [0.5, 0.6) is 0 Å². The lowest BCUT2D eigenvalue weighted by atomic mass is 9.83. The van der Waals surface area contributed by atoms with Gasteiger partial charge in [0.15, 0.2) is 0 Å². The van der Waals surface area contributed by atoms with E-state index in [0.717, 1.165) is 22.9 Å². The average molecular weight is 243 g/mol. The van der Waals surface area contributed by atoms with Crippen molar-refractivity contribution >= 4 is 17.0 Å². The summed E-state index contributed by atoms with van der Waals surface area (Å²) in [5.74, 6) is 1.73. The highest BCUT2D eigenvalue weighted by molar-refractivity contribution is 5.77. The second-order valence-corrected chi connectivity index (χ2v) is 5.31. The van der Waals surface area contributed by atoms with Gasteiger partial charge in [-0.15, -0.1) is 0 Å². The van der Waals surface area contributed by atoms with Crippen LogP contribution in [0.1, 0.15) is 39.0 Å². The van der Waals surface area contributed by atoms with Crippen LogP contribution in [-0.4, -0.2) is 16.0 Å². The monoisotopic (exact) mass is 243 g/mol. The first kappa shape index (κ1) is 11.6. The summed E-state index contributed by atoms with van der Waals surface area (Å²) < 4.78 is 0. The fourth-order valence-corrected chi connectivity index (χ4v) is 3.08. The molecule has 0 aliphatic heterocycles. The van der Waals surface area contributed by atoms with Crippen LogP contribution in [0.15, 0.2) is 24.3 Å². The lowest BCUT2D eigenvalue weighted by Crippen LogP contribution is -2.32. The predicted octanol–water partition coefficient (Wildman–Crippen LogP) is 3.94. The van der Waals surface area contributed by atoms with Crippen molar-refractivity contribution in [3.05, 3.63) is 24.3 Å². The number of para-hydroxylation sites is 2. The Bertz CT molecular complexity index is 484. The number of nitrogens with zero attached hydrogens (tertiary/aromatic N) is 1. The number of H-pyrrole nitrogens is 1. The van der Waals surface area contributed by atoms with Crippen molar-refractivity contribution < 1.29 is 0 Å². The van der Waals surface area contributed by atoms with E-state index in [-0.39, 0.29) is 0 Å². The number of rotatable bonds is 3. The van der Waals surface area contributed by atoms with E-state index in [0.29, 0.717) is 6.04 Å². The standard InChI is InChI=1S/C15H21N3/c1-2-11-7-3-4-8-12(11)16-15-17-13-9-5-6-10-14(13)18-15/h5-6,9-12H,2-4,7-8H2,1H3,(H2,16,17,18). The molecule has 2 atom stereocenters. The summed E-state index contributed by atoms with van der Waals surface area (Å²) in [4.78, 5) is 7.97. The molecule has 1 fully saturated rings. The molecule has 3 heteroatoms. The van der Waals surface area contributed by atoms with Crippen LogP contribution in [0, 0.1) is 5.92 Å². The van der Waals surface area contributed by atoms with Crippen LogP contribution in [0.3, 0.4) is 0 Å². The Hall–Kier alpha value is -1.51. The van der Waals surface area contributed by atoms with E-state index >= 15 is 0 Å². The van der Waals surface area contributed by atoms with Gasteiger partial charge in [0.25, 0.3) is 0 Å². The van der Waals surface area contributed by atoms with Crippen LogP contribution in [-0.2, 0) is 0 Å². The zero-order chi connectivity index (χ0) is 12.4. The second kappa shape index (κ2) is 5.01. The topological polar surface area (TPSA) is 40.7 Å². The van der Waals surface area contributed by atoms with E-state index < -0.39 is 0 Å². The minimum Gasteiger partial charge on any atom is -0.353 e. The molecular formula is C15H21N3. The van der Waals surface area contributed by atoms with E-state index in [4.69, 9.17) is 0 Å². The van der Waals surface area contributed by atoms with Gasteiger partial charge in [0.1, 0.15) is 0 Å². The Balaban J connectivity index is 1.78. The number of benzene rings is 1. The highest BCUT2D eigenvalue weighted by Crippen LogP contribution is 2.29. The third kappa shape index (κ3) is 2.22. The average Bonchev–Trinajstić information content (AvgIpc) is 2.81. The molecule has 2 aromatic rings. The Morgan fingerprint density at radius 1 is 1.28 bits per heavy atom. The number of fused-ring (bicyclic) bond motifs is 1. The van der Waals surface area contributed by atoms with Crippen molar-refractivity contribution in [1.82, 2.24) is 9.97 Å². The lowest BCUT2D eigenvalue weighted by molar-refractivity contribution is 0.316. The lowest BCUT2D eigenvalue weighted by Gasteiger charge is -2.31. The first-order valence-electron chi connectivity index (χ1n) is 7.08. The molecule has 2 unspecified atom stereocenters. The van der Waals surface area contributed by atoms with Crippen LogP contribution < -0.4 is 5.32 Å². The van der Waals surface area contributed by atoms with Gasteiger partial charge in [-0.2, -0.15) is 0 Å². The summed E-state index contributed by atoms with van der Waals surface area (Å²) in [6.45, 7) is 2.29. The molecule has 0 radical (unpaired) electrons. The summed E-state index contributed by atoms with van der Waals surface area (Å²) in [6.07, 6.45) is 6.62. The molecule has 0 bridgehead atoms. The summed E-state index contributed by atoms with van der Waals surface area (Å²) in [5.41, 5.74) is 2.16. The molecule has 96 valence electrons. The number of imidazole rings is 1. The fourth-order valence-electron chi connectivity index (χ4n) is 3.08. The molecule has 1 aliphatic carbocycles. The van der Waals surface area contributed by atoms with Crippen molar-refractivity contribution in [2.45, 2.75) is 45.1 Å². The van der Waals surface area contributed by atoms with Gasteiger partial charge in [0, 0.05) is 6.04 Å². The minimum absolute atomic E-state index is 0.587. The number of hydrogen-bond donors (Lipinski definition) is 2. The smallest absolute Gasteiger partial charge is 0.201 e. The fraction of sp³-hybridized carbons (Fsp3) is 0.533. The molecule has 3 rings (SSSR count). The molecule has 1 aliphatic rings. The Morgan fingerprint density at radius 3 is 2.94 bits per heavy atom. The quantitative estimate of drug-likeness (QED) is 0.857. The molecule has 18 heavy (non-hydrogen) atoms. The third-order valence-corrected chi connectivity index (χ3v) is 4.14. The largest absolute Gasteiger partial charge is 0.353 e. The first-order chi connectivity index (χ1) is 8.86. The van der Waals surface area contributed by atoms with Crippen LogP contribution in [0.2, 0.25) is 0 Å². The normalized spacial score (nSPS) is 24.3. The molecule has 1 saturated carbocycles. The van der Waals surface area contributed by atoms with Crippen LogP contribution in [0.25, 0.3) is 11.0 Å². The van der Waals surface area contributed by atoms with Crippen molar-refractivity contribution in [3.8, 4) is 0 Å². The number of aromatic nitrogens is 2. The van der Waals surface area contributed by atoms with Crippen molar-refractivity contribution in [2.75, 3.05) is 5.32 Å². The molecular weight excluding hydrogens is 222 g/mol. The van der Waals surface area contributed by atoms with Gasteiger partial charge in [-0.1, -0.05) is 38.3 Å². The summed E-state index contributed by atoms with van der Waals surface area (Å²) in [5, 5.41) is 3.60. The molecule has 3 nitrogen and oxygen atoms in total. The first-order valence-corrected chi connectivity index (χ1v) is 7.08. The number of hydrogen-bond acceptors (Lipinski definition) is 2. The SMILES string of the molecule is CCC1CCCCC1Nc1nc2ccccc2[nH]1. The number of aromatic amines is 1. The van der Waals surface area contributed by atoms with E-state index in [1.54, 1.807) is 0 Å². The highest BCUT2D eigenvalue weighted by Gasteiger charge is 2.24. The molecule has 2 N–H and O–H groups in total. The molecule has 1 aromatic carbocycles. The van der Waals surface area contributed by atoms with Crippen molar-refractivity contribution in [2.24, 2.45) is 5.92 Å². The molecule has 1 aromatic heterocycles. The Kier molecular flexibility index (Phi) is 3.22. The van der Waals surface area contributed by atoms with E-state index in [9.17, 15) is 0 Å². The summed E-state index contributed by atoms with van der Waals surface area (Å²) in [6, 6.07) is 8.78. The maximum absolute atomic E-state index is 4.61. The zero-order valence-corrected chi connectivity index (χ0v) is 10.9. The molecule has 0 amide bonds. The molecule has 0 spiro atoms. The van der Waals surface area contributed by atoms with Gasteiger partial charge < -0.3 is 10.3 Å².